The number of imide groups is 1. The van der Waals surface area contributed by atoms with Crippen LogP contribution in [0.4, 0.5) is 5.69 Å². The van der Waals surface area contributed by atoms with Crippen LogP contribution >= 0.6 is 0 Å². The van der Waals surface area contributed by atoms with Gasteiger partial charge in [-0.25, -0.2) is 0 Å². The molecule has 0 atom stereocenters. The lowest BCUT2D eigenvalue weighted by Crippen LogP contribution is -2.42. The van der Waals surface area contributed by atoms with Gasteiger partial charge in [-0.2, -0.15) is 0 Å². The minimum absolute atomic E-state index is 0.112. The second-order valence-electron chi connectivity index (χ2n) is 4.35. The highest BCUT2D eigenvalue weighted by molar-refractivity contribution is 6.16. The summed E-state index contributed by atoms with van der Waals surface area (Å²) >= 11 is 0. The van der Waals surface area contributed by atoms with Crippen LogP contribution in [-0.4, -0.2) is 18.1 Å². The van der Waals surface area contributed by atoms with Crippen LogP contribution in [0.3, 0.4) is 0 Å². The molecule has 0 saturated carbocycles. The Morgan fingerprint density at radius 2 is 1.65 bits per heavy atom. The molecule has 0 radical (unpaired) electrons. The topological polar surface area (TPSA) is 54.5 Å². The third kappa shape index (κ3) is 2.25. The zero-order chi connectivity index (χ0) is 12.4. The first kappa shape index (κ1) is 11.5. The molecule has 0 aromatic heterocycles. The molecule has 17 heavy (non-hydrogen) atoms. The van der Waals surface area contributed by atoms with Crippen LogP contribution in [0.2, 0.25) is 0 Å². The molecule has 0 N–H and O–H groups in total. The van der Waals surface area contributed by atoms with E-state index in [1.807, 2.05) is 6.92 Å². The maximum Gasteiger partial charge on any atom is 0.234 e. The van der Waals surface area contributed by atoms with Gasteiger partial charge in [0.15, 0.2) is 0 Å². The Morgan fingerprint density at radius 1 is 1.12 bits per heavy atom. The van der Waals surface area contributed by atoms with Crippen molar-refractivity contribution < 1.29 is 14.4 Å². The Labute approximate surface area is 99.2 Å². The second-order valence-corrected chi connectivity index (χ2v) is 4.35. The van der Waals surface area contributed by atoms with E-state index in [9.17, 15) is 14.4 Å². The fourth-order valence-corrected chi connectivity index (χ4v) is 1.98. The van der Waals surface area contributed by atoms with Crippen molar-refractivity contribution in [2.24, 2.45) is 5.92 Å². The summed E-state index contributed by atoms with van der Waals surface area (Å²) in [7, 11) is 0. The number of rotatable bonds is 2. The SMILES string of the molecule is CC1CC(=O)N(c2ccc(C=O)cc2)C(=O)C1. The molecule has 4 nitrogen and oxygen atoms in total. The Morgan fingerprint density at radius 3 is 2.12 bits per heavy atom. The lowest BCUT2D eigenvalue weighted by atomic mass is 9.97. The van der Waals surface area contributed by atoms with Crippen LogP contribution in [0.25, 0.3) is 0 Å². The van der Waals surface area contributed by atoms with Crippen molar-refractivity contribution in [2.45, 2.75) is 19.8 Å². The average molecular weight is 231 g/mol. The van der Waals surface area contributed by atoms with E-state index in [2.05, 4.69) is 0 Å². The first-order valence-corrected chi connectivity index (χ1v) is 5.53. The molecule has 4 heteroatoms. The average Bonchev–Trinajstić information content (AvgIpc) is 2.28. The van der Waals surface area contributed by atoms with Crippen LogP contribution in [0.1, 0.15) is 30.1 Å². The first-order valence-electron chi connectivity index (χ1n) is 5.53. The lowest BCUT2D eigenvalue weighted by Gasteiger charge is -2.28. The van der Waals surface area contributed by atoms with E-state index >= 15 is 0 Å². The molecule has 2 rings (SSSR count). The summed E-state index contributed by atoms with van der Waals surface area (Å²) in [6, 6.07) is 6.44. The highest BCUT2D eigenvalue weighted by Crippen LogP contribution is 2.25. The summed E-state index contributed by atoms with van der Waals surface area (Å²) in [5.41, 5.74) is 1.07. The normalized spacial score (nSPS) is 17.4. The zero-order valence-electron chi connectivity index (χ0n) is 9.55. The summed E-state index contributed by atoms with van der Waals surface area (Å²) < 4.78 is 0. The second kappa shape index (κ2) is 4.49. The molecular formula is C13H13NO3. The van der Waals surface area contributed by atoms with Crippen LogP contribution in [0.15, 0.2) is 24.3 Å². The van der Waals surface area contributed by atoms with E-state index in [0.29, 0.717) is 24.1 Å². The number of amides is 2. The zero-order valence-corrected chi connectivity index (χ0v) is 9.55. The minimum Gasteiger partial charge on any atom is -0.298 e. The molecule has 2 amide bonds. The number of hydrogen-bond acceptors (Lipinski definition) is 3. The van der Waals surface area contributed by atoms with Gasteiger partial charge in [0.05, 0.1) is 5.69 Å². The van der Waals surface area contributed by atoms with Crippen LogP contribution in [0, 0.1) is 5.92 Å². The van der Waals surface area contributed by atoms with Crippen molar-refractivity contribution in [3.05, 3.63) is 29.8 Å². The first-order chi connectivity index (χ1) is 8.11. The van der Waals surface area contributed by atoms with Crippen LogP contribution < -0.4 is 4.90 Å². The Balaban J connectivity index is 2.28. The fraction of sp³-hybridized carbons (Fsp3) is 0.308. The predicted octanol–water partition coefficient (Wildman–Crippen LogP) is 1.79. The summed E-state index contributed by atoms with van der Waals surface area (Å²) in [5, 5.41) is 0. The number of nitrogens with zero attached hydrogens (tertiary/aromatic N) is 1. The Bertz CT molecular complexity index is 446. The van der Waals surface area contributed by atoms with Gasteiger partial charge >= 0.3 is 0 Å². The van der Waals surface area contributed by atoms with Gasteiger partial charge in [-0.3, -0.25) is 19.3 Å². The van der Waals surface area contributed by atoms with Gasteiger partial charge in [-0.05, 0) is 30.2 Å². The van der Waals surface area contributed by atoms with Gasteiger partial charge in [-0.1, -0.05) is 6.92 Å². The molecule has 88 valence electrons. The van der Waals surface area contributed by atoms with Gasteiger partial charge in [0, 0.05) is 18.4 Å². The van der Waals surface area contributed by atoms with Crippen LogP contribution in [-0.2, 0) is 9.59 Å². The number of hydrogen-bond donors (Lipinski definition) is 0. The maximum atomic E-state index is 11.8. The van der Waals surface area contributed by atoms with E-state index < -0.39 is 0 Å². The smallest absolute Gasteiger partial charge is 0.234 e. The van der Waals surface area contributed by atoms with Gasteiger partial charge < -0.3 is 0 Å². The molecule has 1 heterocycles. The molecule has 1 aliphatic heterocycles. The van der Waals surface area contributed by atoms with E-state index in [0.717, 1.165) is 6.29 Å². The number of carbonyl (C=O) groups is 3. The highest BCUT2D eigenvalue weighted by Gasteiger charge is 2.31. The van der Waals surface area contributed by atoms with Crippen molar-refractivity contribution in [3.8, 4) is 0 Å². The maximum absolute atomic E-state index is 11.8. The minimum atomic E-state index is -0.174. The van der Waals surface area contributed by atoms with E-state index in [-0.39, 0.29) is 17.7 Å². The number of piperidine rings is 1. The van der Waals surface area contributed by atoms with Gasteiger partial charge in [0.1, 0.15) is 6.29 Å². The molecule has 1 aliphatic rings. The fourth-order valence-electron chi connectivity index (χ4n) is 1.98. The quantitative estimate of drug-likeness (QED) is 0.576. The molecule has 0 unspecified atom stereocenters. The number of benzene rings is 1. The lowest BCUT2D eigenvalue weighted by molar-refractivity contribution is -0.130. The summed E-state index contributed by atoms with van der Waals surface area (Å²) in [5.74, 6) is -0.235. The van der Waals surface area contributed by atoms with E-state index in [1.54, 1.807) is 24.3 Å². The third-order valence-corrected chi connectivity index (χ3v) is 2.83. The monoisotopic (exact) mass is 231 g/mol. The molecule has 0 aliphatic carbocycles. The molecular weight excluding hydrogens is 218 g/mol. The summed E-state index contributed by atoms with van der Waals surface area (Å²) in [6.45, 7) is 1.89. The number of aldehydes is 1. The van der Waals surface area contributed by atoms with Crippen molar-refractivity contribution in [1.82, 2.24) is 0 Å². The number of anilines is 1. The largest absolute Gasteiger partial charge is 0.298 e. The standard InChI is InChI=1S/C13H13NO3/c1-9-6-12(16)14(13(17)7-9)11-4-2-10(8-15)3-5-11/h2-5,8-9H,6-7H2,1H3. The number of carbonyl (C=O) groups excluding carboxylic acids is 3. The molecule has 1 saturated heterocycles. The molecule has 0 bridgehead atoms. The third-order valence-electron chi connectivity index (χ3n) is 2.83. The molecule has 0 spiro atoms. The molecule has 1 aromatic carbocycles. The van der Waals surface area contributed by atoms with Crippen LogP contribution in [0.5, 0.6) is 0 Å². The molecule has 1 fully saturated rings. The van der Waals surface area contributed by atoms with Gasteiger partial charge in [0.2, 0.25) is 11.8 Å². The summed E-state index contributed by atoms with van der Waals surface area (Å²) in [6.07, 6.45) is 1.51. The predicted molar refractivity (Wildman–Crippen MR) is 62.7 cm³/mol. The van der Waals surface area contributed by atoms with Gasteiger partial charge in [-0.15, -0.1) is 0 Å². The van der Waals surface area contributed by atoms with Crippen molar-refractivity contribution in [2.75, 3.05) is 4.90 Å². The van der Waals surface area contributed by atoms with E-state index in [4.69, 9.17) is 0 Å². The van der Waals surface area contributed by atoms with E-state index in [1.165, 1.54) is 4.90 Å². The van der Waals surface area contributed by atoms with Crippen molar-refractivity contribution >= 4 is 23.8 Å². The van der Waals surface area contributed by atoms with Gasteiger partial charge in [0.25, 0.3) is 0 Å². The summed E-state index contributed by atoms with van der Waals surface area (Å²) in [4.78, 5) is 35.3. The highest BCUT2D eigenvalue weighted by atomic mass is 16.2. The Hall–Kier alpha value is -1.97. The molecule has 1 aromatic rings. The van der Waals surface area contributed by atoms with Crippen molar-refractivity contribution in [3.63, 3.8) is 0 Å². The van der Waals surface area contributed by atoms with Crippen molar-refractivity contribution in [1.29, 1.82) is 0 Å². The Kier molecular flexibility index (Phi) is 3.04.